The molecule has 11 heteroatoms. The fraction of sp³-hybridized carbons (Fsp3) is 0.194. The maximum absolute atomic E-state index is 13.4. The van der Waals surface area contributed by atoms with Gasteiger partial charge in [-0.1, -0.05) is 72.9 Å². The molecule has 0 saturated carbocycles. The Morgan fingerprint density at radius 3 is 2.43 bits per heavy atom. The highest BCUT2D eigenvalue weighted by Gasteiger charge is 2.33. The molecule has 2 saturated heterocycles. The van der Waals surface area contributed by atoms with E-state index in [1.165, 1.54) is 28.8 Å². The maximum Gasteiger partial charge on any atom is 0.266 e. The second-order valence-corrected chi connectivity index (χ2v) is 13.7. The third-order valence-corrected chi connectivity index (χ3v) is 10.5. The van der Waals surface area contributed by atoms with Crippen LogP contribution in [-0.4, -0.2) is 50.7 Å². The summed E-state index contributed by atoms with van der Waals surface area (Å²) < 4.78 is 43.9. The molecule has 214 valence electrons. The summed E-state index contributed by atoms with van der Waals surface area (Å²) in [6.07, 6.45) is 6.30. The van der Waals surface area contributed by atoms with Gasteiger partial charge in [0.05, 0.1) is 22.0 Å². The summed E-state index contributed by atoms with van der Waals surface area (Å²) in [4.78, 5) is 15.6. The highest BCUT2D eigenvalue weighted by atomic mass is 32.2. The van der Waals surface area contributed by atoms with Crippen molar-refractivity contribution in [2.24, 2.45) is 0 Å². The molecule has 3 aromatic carbocycles. The van der Waals surface area contributed by atoms with E-state index in [4.69, 9.17) is 17.3 Å². The molecule has 0 atom stereocenters. The van der Waals surface area contributed by atoms with E-state index in [1.54, 1.807) is 45.4 Å². The zero-order valence-corrected chi connectivity index (χ0v) is 25.0. The van der Waals surface area contributed by atoms with E-state index >= 15 is 0 Å². The maximum atomic E-state index is 13.4. The van der Waals surface area contributed by atoms with Crippen LogP contribution in [0.2, 0.25) is 0 Å². The number of piperidine rings is 1. The summed E-state index contributed by atoms with van der Waals surface area (Å²) in [5.74, 6) is -0.603. The molecule has 7 nitrogen and oxygen atoms in total. The average molecular weight is 619 g/mol. The Kier molecular flexibility index (Phi) is 8.09. The summed E-state index contributed by atoms with van der Waals surface area (Å²) in [6.45, 7) is 1.26. The topological polar surface area (TPSA) is 75.5 Å². The molecule has 0 aliphatic carbocycles. The molecule has 0 bridgehead atoms. The van der Waals surface area contributed by atoms with Crippen molar-refractivity contribution < 1.29 is 17.6 Å². The fourth-order valence-corrected chi connectivity index (χ4v) is 7.85. The molecule has 4 aromatic rings. The largest absolute Gasteiger partial charge is 0.288 e. The number of thiocarbonyl (C=S) groups is 1. The van der Waals surface area contributed by atoms with E-state index < -0.39 is 10.0 Å². The highest BCUT2D eigenvalue weighted by molar-refractivity contribution is 8.26. The Hall–Kier alpha value is -3.64. The first-order valence-electron chi connectivity index (χ1n) is 13.5. The van der Waals surface area contributed by atoms with Gasteiger partial charge in [-0.25, -0.2) is 17.5 Å². The number of hydrogen-bond acceptors (Lipinski definition) is 6. The van der Waals surface area contributed by atoms with Crippen molar-refractivity contribution in [3.8, 4) is 16.9 Å². The number of halogens is 1. The summed E-state index contributed by atoms with van der Waals surface area (Å²) >= 11 is 6.71. The molecule has 1 aromatic heterocycles. The zero-order chi connectivity index (χ0) is 29.3. The predicted octanol–water partition coefficient (Wildman–Crippen LogP) is 6.25. The first-order chi connectivity index (χ1) is 20.3. The lowest BCUT2D eigenvalue weighted by Gasteiger charge is -2.26. The molecule has 2 aliphatic rings. The van der Waals surface area contributed by atoms with Gasteiger partial charge in [-0.3, -0.25) is 9.69 Å². The van der Waals surface area contributed by atoms with Crippen LogP contribution in [0.4, 0.5) is 4.39 Å². The van der Waals surface area contributed by atoms with E-state index in [0.29, 0.717) is 39.1 Å². The highest BCUT2D eigenvalue weighted by Crippen LogP contribution is 2.36. The van der Waals surface area contributed by atoms with E-state index in [0.717, 1.165) is 30.5 Å². The van der Waals surface area contributed by atoms with Gasteiger partial charge in [-0.05, 0) is 60.9 Å². The number of nitrogens with zero attached hydrogens (tertiary/aromatic N) is 4. The van der Waals surface area contributed by atoms with Crippen molar-refractivity contribution in [3.05, 3.63) is 107 Å². The molecule has 0 unspecified atom stereocenters. The molecule has 3 heterocycles. The van der Waals surface area contributed by atoms with E-state index in [1.807, 2.05) is 42.6 Å². The summed E-state index contributed by atoms with van der Waals surface area (Å²) in [5.41, 5.74) is 3.39. The quantitative estimate of drug-likeness (QED) is 0.180. The van der Waals surface area contributed by atoms with Crippen LogP contribution in [0, 0.1) is 5.82 Å². The number of carbonyl (C=O) groups is 1. The molecule has 2 aliphatic heterocycles. The van der Waals surface area contributed by atoms with Crippen molar-refractivity contribution in [1.82, 2.24) is 19.0 Å². The van der Waals surface area contributed by atoms with Gasteiger partial charge in [-0.2, -0.15) is 9.40 Å². The van der Waals surface area contributed by atoms with Crippen LogP contribution in [0.3, 0.4) is 0 Å². The first-order valence-corrected chi connectivity index (χ1v) is 16.2. The first kappa shape index (κ1) is 28.5. The standard InChI is InChI=1S/C31H27FN4O3S3/c32-25-14-12-22(13-15-25)20-35-30(37)28(41-31(35)40)19-24-21-36(26-9-3-1-4-10-26)33-29(24)23-8-7-11-27(18-23)42(38,39)34-16-5-2-6-17-34/h1,3-4,7-15,18-19,21H,2,5-6,16-17,20H2. The van der Waals surface area contributed by atoms with Gasteiger partial charge in [0.25, 0.3) is 5.91 Å². The number of sulfonamides is 1. The van der Waals surface area contributed by atoms with Gasteiger partial charge in [-0.15, -0.1) is 0 Å². The van der Waals surface area contributed by atoms with E-state index in [2.05, 4.69) is 0 Å². The molecule has 1 amide bonds. The fourth-order valence-electron chi connectivity index (χ4n) is 5.04. The molecule has 0 radical (unpaired) electrons. The van der Waals surface area contributed by atoms with Crippen molar-refractivity contribution in [2.45, 2.75) is 30.7 Å². The Bertz CT molecular complexity index is 1780. The monoisotopic (exact) mass is 618 g/mol. The van der Waals surface area contributed by atoms with Crippen LogP contribution in [0.1, 0.15) is 30.4 Å². The zero-order valence-electron chi connectivity index (χ0n) is 22.5. The molecule has 2 fully saturated rings. The lowest BCUT2D eigenvalue weighted by atomic mass is 10.1. The molecule has 6 rings (SSSR count). The number of amides is 1. The lowest BCUT2D eigenvalue weighted by Crippen LogP contribution is -2.35. The number of carbonyl (C=O) groups excluding carboxylic acids is 1. The van der Waals surface area contributed by atoms with Gasteiger partial charge >= 0.3 is 0 Å². The Morgan fingerprint density at radius 2 is 1.69 bits per heavy atom. The molecule has 0 N–H and O–H groups in total. The predicted molar refractivity (Wildman–Crippen MR) is 167 cm³/mol. The Labute approximate surface area is 253 Å². The number of thioether (sulfide) groups is 1. The lowest BCUT2D eigenvalue weighted by molar-refractivity contribution is -0.122. The second kappa shape index (κ2) is 11.9. The van der Waals surface area contributed by atoms with E-state index in [-0.39, 0.29) is 23.2 Å². The smallest absolute Gasteiger partial charge is 0.266 e. The number of benzene rings is 3. The number of rotatable bonds is 7. The Morgan fingerprint density at radius 1 is 0.952 bits per heavy atom. The Balaban J connectivity index is 1.38. The summed E-state index contributed by atoms with van der Waals surface area (Å²) in [5, 5.41) is 4.83. The molecular weight excluding hydrogens is 592 g/mol. The van der Waals surface area contributed by atoms with Crippen LogP contribution in [0.25, 0.3) is 23.0 Å². The number of hydrogen-bond donors (Lipinski definition) is 0. The van der Waals surface area contributed by atoms with Crippen LogP contribution in [0.5, 0.6) is 0 Å². The third-order valence-electron chi connectivity index (χ3n) is 7.24. The van der Waals surface area contributed by atoms with Gasteiger partial charge in [0.2, 0.25) is 10.0 Å². The third kappa shape index (κ3) is 5.82. The van der Waals surface area contributed by atoms with Gasteiger partial charge in [0.1, 0.15) is 15.8 Å². The molecular formula is C31H27FN4O3S3. The van der Waals surface area contributed by atoms with Crippen LogP contribution < -0.4 is 0 Å². The average Bonchev–Trinajstić information content (AvgIpc) is 3.55. The second-order valence-electron chi connectivity index (χ2n) is 10.1. The normalized spacial score (nSPS) is 17.4. The number of aromatic nitrogens is 2. The minimum atomic E-state index is -3.65. The number of para-hydroxylation sites is 1. The molecule has 42 heavy (non-hydrogen) atoms. The van der Waals surface area contributed by atoms with Crippen molar-refractivity contribution >= 4 is 50.3 Å². The minimum absolute atomic E-state index is 0.215. The van der Waals surface area contributed by atoms with Crippen LogP contribution in [-0.2, 0) is 21.4 Å². The van der Waals surface area contributed by atoms with Crippen LogP contribution >= 0.6 is 24.0 Å². The van der Waals surface area contributed by atoms with Gasteiger partial charge in [0.15, 0.2) is 0 Å². The van der Waals surface area contributed by atoms with E-state index in [9.17, 15) is 17.6 Å². The van der Waals surface area contributed by atoms with Gasteiger partial charge in [0, 0.05) is 30.4 Å². The van der Waals surface area contributed by atoms with Crippen molar-refractivity contribution in [3.63, 3.8) is 0 Å². The van der Waals surface area contributed by atoms with Crippen molar-refractivity contribution in [2.75, 3.05) is 13.1 Å². The molecule has 0 spiro atoms. The summed E-state index contributed by atoms with van der Waals surface area (Å²) in [7, 11) is -3.65. The summed E-state index contributed by atoms with van der Waals surface area (Å²) in [6, 6.07) is 22.3. The van der Waals surface area contributed by atoms with Gasteiger partial charge < -0.3 is 0 Å². The van der Waals surface area contributed by atoms with Crippen LogP contribution in [0.15, 0.2) is 94.9 Å². The minimum Gasteiger partial charge on any atom is -0.288 e. The van der Waals surface area contributed by atoms with Crippen molar-refractivity contribution in [1.29, 1.82) is 0 Å². The SMILES string of the molecule is O=C1C(=Cc2cn(-c3ccccc3)nc2-c2cccc(S(=O)(=O)N3CCCCC3)c2)SC(=S)N1Cc1ccc(F)cc1.